The van der Waals surface area contributed by atoms with Gasteiger partial charge >= 0.3 is 5.97 Å². The molecule has 1 unspecified atom stereocenters. The molecule has 4 rings (SSSR count). The van der Waals surface area contributed by atoms with Crippen LogP contribution in [0.25, 0.3) is 22.0 Å². The summed E-state index contributed by atoms with van der Waals surface area (Å²) in [6.07, 6.45) is 2.08. The van der Waals surface area contributed by atoms with E-state index in [1.165, 1.54) is 6.07 Å². The highest BCUT2D eigenvalue weighted by Crippen LogP contribution is 2.35. The summed E-state index contributed by atoms with van der Waals surface area (Å²) in [5.74, 6) is -1.51. The molecule has 0 saturated heterocycles. The summed E-state index contributed by atoms with van der Waals surface area (Å²) in [6, 6.07) is 20.2. The van der Waals surface area contributed by atoms with Crippen LogP contribution in [-0.4, -0.2) is 16.1 Å². The van der Waals surface area contributed by atoms with Gasteiger partial charge in [-0.25, -0.2) is 4.39 Å². The first-order valence-corrected chi connectivity index (χ1v) is 11.1. The minimum absolute atomic E-state index is 0.273. The van der Waals surface area contributed by atoms with Gasteiger partial charge in [-0.3, -0.25) is 9.78 Å². The van der Waals surface area contributed by atoms with Gasteiger partial charge in [-0.15, -0.1) is 0 Å². The number of carboxylic acid groups (broad SMARTS) is 1. The highest BCUT2D eigenvalue weighted by molar-refractivity contribution is 6.34. The summed E-state index contributed by atoms with van der Waals surface area (Å²) in [4.78, 5) is 15.6. The molecular weight excluding hydrogens is 439 g/mol. The van der Waals surface area contributed by atoms with Crippen LogP contribution in [0.15, 0.2) is 72.9 Å². The van der Waals surface area contributed by atoms with Crippen LogP contribution in [0.5, 0.6) is 0 Å². The summed E-state index contributed by atoms with van der Waals surface area (Å²) in [6.45, 7) is 3.59. The maximum atomic E-state index is 14.3. The molecule has 33 heavy (non-hydrogen) atoms. The fraction of sp³-hybridized carbons (Fsp3) is 0.185. The van der Waals surface area contributed by atoms with Gasteiger partial charge in [0.15, 0.2) is 0 Å². The van der Waals surface area contributed by atoms with Crippen molar-refractivity contribution in [2.45, 2.75) is 26.3 Å². The molecule has 1 heterocycles. The maximum absolute atomic E-state index is 14.3. The number of nitrogens with zero attached hydrogens (tertiary/aromatic N) is 1. The Kier molecular flexibility index (Phi) is 6.61. The summed E-state index contributed by atoms with van der Waals surface area (Å²) >= 11 is 6.50. The van der Waals surface area contributed by atoms with Crippen molar-refractivity contribution < 1.29 is 14.3 Å². The molecule has 4 aromatic rings. The number of benzene rings is 3. The topological polar surface area (TPSA) is 62.2 Å². The number of halogens is 2. The van der Waals surface area contributed by atoms with Crippen molar-refractivity contribution in [2.24, 2.45) is 5.92 Å². The average Bonchev–Trinajstić information content (AvgIpc) is 2.81. The van der Waals surface area contributed by atoms with Crippen LogP contribution in [0.4, 0.5) is 10.1 Å². The molecule has 4 nitrogen and oxygen atoms in total. The number of anilines is 1. The van der Waals surface area contributed by atoms with Crippen LogP contribution in [0.3, 0.4) is 0 Å². The van der Waals surface area contributed by atoms with Crippen LogP contribution >= 0.6 is 11.6 Å². The molecule has 0 saturated carbocycles. The highest BCUT2D eigenvalue weighted by atomic mass is 35.5. The van der Waals surface area contributed by atoms with Gasteiger partial charge in [0.05, 0.1) is 28.2 Å². The molecule has 2 N–H and O–H groups in total. The number of aliphatic carboxylic acids is 1. The summed E-state index contributed by atoms with van der Waals surface area (Å²) in [7, 11) is 0. The van der Waals surface area contributed by atoms with Gasteiger partial charge in [-0.05, 0) is 48.2 Å². The average molecular weight is 463 g/mol. The molecule has 0 aliphatic rings. The lowest BCUT2D eigenvalue weighted by molar-refractivity contribution is -0.141. The second-order valence-corrected chi connectivity index (χ2v) is 8.65. The summed E-state index contributed by atoms with van der Waals surface area (Å²) in [5, 5.41) is 13.8. The molecule has 1 aromatic heterocycles. The SMILES string of the molecule is CC(Cc1ccc(-c2ccc3ncc(Cl)c(N[C@H](C)c4ccccc4F)c3c2)cc1)C(=O)O. The van der Waals surface area contributed by atoms with Gasteiger partial charge in [0.2, 0.25) is 0 Å². The van der Waals surface area contributed by atoms with Crippen molar-refractivity contribution in [1.29, 1.82) is 0 Å². The van der Waals surface area contributed by atoms with Crippen molar-refractivity contribution in [3.05, 3.63) is 94.9 Å². The van der Waals surface area contributed by atoms with E-state index in [9.17, 15) is 9.18 Å². The first-order chi connectivity index (χ1) is 15.8. The zero-order chi connectivity index (χ0) is 23.5. The zero-order valence-electron chi connectivity index (χ0n) is 18.3. The first-order valence-electron chi connectivity index (χ1n) is 10.7. The van der Waals surface area contributed by atoms with Gasteiger partial charge in [0, 0.05) is 17.1 Å². The number of carboxylic acids is 1. The zero-order valence-corrected chi connectivity index (χ0v) is 19.1. The lowest BCUT2D eigenvalue weighted by atomic mass is 9.97. The van der Waals surface area contributed by atoms with Crippen molar-refractivity contribution >= 4 is 34.2 Å². The Bertz CT molecular complexity index is 1310. The molecular formula is C27H24ClFN2O2. The predicted molar refractivity (Wildman–Crippen MR) is 131 cm³/mol. The number of carbonyl (C=O) groups is 1. The minimum atomic E-state index is -0.803. The van der Waals surface area contributed by atoms with Gasteiger partial charge < -0.3 is 10.4 Å². The van der Waals surface area contributed by atoms with Gasteiger partial charge in [0.25, 0.3) is 0 Å². The molecule has 0 aliphatic carbocycles. The Balaban J connectivity index is 1.67. The Hall–Kier alpha value is -3.44. The molecule has 0 spiro atoms. The Morgan fingerprint density at radius 1 is 1.06 bits per heavy atom. The van der Waals surface area contributed by atoms with E-state index in [1.807, 2.05) is 55.5 Å². The first kappa shape index (κ1) is 22.7. The quantitative estimate of drug-likeness (QED) is 0.306. The Labute approximate surface area is 197 Å². The van der Waals surface area contributed by atoms with E-state index >= 15 is 0 Å². The third kappa shape index (κ3) is 4.99. The number of aromatic nitrogens is 1. The van der Waals surface area contributed by atoms with E-state index in [2.05, 4.69) is 10.3 Å². The molecule has 3 aromatic carbocycles. The van der Waals surface area contributed by atoms with Gasteiger partial charge in [0.1, 0.15) is 5.82 Å². The summed E-state index contributed by atoms with van der Waals surface area (Å²) < 4.78 is 14.3. The largest absolute Gasteiger partial charge is 0.481 e. The molecule has 0 aliphatic heterocycles. The number of hydrogen-bond donors (Lipinski definition) is 2. The van der Waals surface area contributed by atoms with E-state index < -0.39 is 11.9 Å². The second kappa shape index (κ2) is 9.59. The number of nitrogens with one attached hydrogen (secondary N) is 1. The monoisotopic (exact) mass is 462 g/mol. The van der Waals surface area contributed by atoms with E-state index in [-0.39, 0.29) is 11.9 Å². The van der Waals surface area contributed by atoms with Crippen molar-refractivity contribution in [2.75, 3.05) is 5.32 Å². The fourth-order valence-electron chi connectivity index (χ4n) is 3.89. The molecule has 0 radical (unpaired) electrons. The van der Waals surface area contributed by atoms with Crippen LogP contribution in [0.2, 0.25) is 5.02 Å². The lowest BCUT2D eigenvalue weighted by Gasteiger charge is -2.19. The number of rotatable bonds is 7. The van der Waals surface area contributed by atoms with Crippen LogP contribution in [0, 0.1) is 11.7 Å². The van der Waals surface area contributed by atoms with Gasteiger partial charge in [-0.2, -0.15) is 0 Å². The van der Waals surface area contributed by atoms with E-state index in [0.717, 1.165) is 27.6 Å². The molecule has 0 amide bonds. The van der Waals surface area contributed by atoms with Gasteiger partial charge in [-0.1, -0.05) is 67.1 Å². The number of fused-ring (bicyclic) bond motifs is 1. The third-order valence-corrected chi connectivity index (χ3v) is 6.09. The predicted octanol–water partition coefficient (Wildman–Crippen LogP) is 7.13. The van der Waals surface area contributed by atoms with Crippen molar-refractivity contribution in [3.63, 3.8) is 0 Å². The van der Waals surface area contributed by atoms with Crippen LogP contribution in [-0.2, 0) is 11.2 Å². The molecule has 0 bridgehead atoms. The third-order valence-electron chi connectivity index (χ3n) is 5.81. The molecule has 0 fully saturated rings. The molecule has 6 heteroatoms. The van der Waals surface area contributed by atoms with Crippen molar-refractivity contribution in [1.82, 2.24) is 4.98 Å². The molecule has 168 valence electrons. The van der Waals surface area contributed by atoms with E-state index in [4.69, 9.17) is 16.7 Å². The van der Waals surface area contributed by atoms with E-state index in [1.54, 1.807) is 25.3 Å². The lowest BCUT2D eigenvalue weighted by Crippen LogP contribution is -2.12. The van der Waals surface area contributed by atoms with Crippen LogP contribution < -0.4 is 5.32 Å². The highest BCUT2D eigenvalue weighted by Gasteiger charge is 2.16. The standard InChI is InChI=1S/C27H24ClFN2O2/c1-16(27(32)33)13-18-7-9-19(10-8-18)20-11-12-25-22(14-20)26(23(28)15-30-25)31-17(2)21-5-3-4-6-24(21)29/h3-12,14-17H,13H2,1-2H3,(H,30,31)(H,32,33)/t16?,17-/m1/s1. The smallest absolute Gasteiger partial charge is 0.306 e. The van der Waals surface area contributed by atoms with E-state index in [0.29, 0.717) is 22.7 Å². The number of pyridine rings is 1. The number of hydrogen-bond acceptors (Lipinski definition) is 3. The second-order valence-electron chi connectivity index (χ2n) is 8.24. The molecule has 2 atom stereocenters. The normalized spacial score (nSPS) is 13.0. The van der Waals surface area contributed by atoms with Crippen LogP contribution in [0.1, 0.15) is 31.0 Å². The summed E-state index contributed by atoms with van der Waals surface area (Å²) in [5.41, 5.74) is 4.98. The Morgan fingerprint density at radius 2 is 1.76 bits per heavy atom. The Morgan fingerprint density at radius 3 is 2.45 bits per heavy atom. The maximum Gasteiger partial charge on any atom is 0.306 e. The minimum Gasteiger partial charge on any atom is -0.481 e. The fourth-order valence-corrected chi connectivity index (χ4v) is 4.09. The van der Waals surface area contributed by atoms with Crippen molar-refractivity contribution in [3.8, 4) is 11.1 Å².